The molecule has 3 rings (SSSR count). The number of aliphatic carboxylic acids is 1. The summed E-state index contributed by atoms with van der Waals surface area (Å²) in [4.78, 5) is 10.6. The molecule has 0 heterocycles. The maximum atomic E-state index is 12.7. The topological polar surface area (TPSA) is 83.5 Å². The Labute approximate surface area is 170 Å². The highest BCUT2D eigenvalue weighted by Gasteiger charge is 2.48. The predicted octanol–water partition coefficient (Wildman–Crippen LogP) is 4.49. The molecular formula is C22H37NO4S. The molecule has 2 N–H and O–H groups in total. The lowest BCUT2D eigenvalue weighted by Crippen LogP contribution is -2.44. The van der Waals surface area contributed by atoms with Crippen LogP contribution in [0.25, 0.3) is 0 Å². The summed E-state index contributed by atoms with van der Waals surface area (Å²) in [5.74, 6) is 1.67. The van der Waals surface area contributed by atoms with Crippen molar-refractivity contribution in [1.29, 1.82) is 0 Å². The number of hydrogen-bond acceptors (Lipinski definition) is 3. The van der Waals surface area contributed by atoms with Crippen molar-refractivity contribution in [2.24, 2.45) is 23.7 Å². The Hall–Kier alpha value is -0.880. The van der Waals surface area contributed by atoms with Gasteiger partial charge in [0.2, 0.25) is 10.0 Å². The first-order chi connectivity index (χ1) is 13.4. The molecular weight excluding hydrogens is 374 g/mol. The van der Waals surface area contributed by atoms with Gasteiger partial charge in [0.05, 0.1) is 5.75 Å². The molecule has 0 aromatic heterocycles. The molecule has 3 saturated carbocycles. The second kappa shape index (κ2) is 10.2. The van der Waals surface area contributed by atoms with Gasteiger partial charge in [-0.1, -0.05) is 44.3 Å². The van der Waals surface area contributed by atoms with Gasteiger partial charge in [0.25, 0.3) is 0 Å². The number of carboxylic acid groups (broad SMARTS) is 1. The van der Waals surface area contributed by atoms with Gasteiger partial charge in [-0.3, -0.25) is 4.79 Å². The number of fused-ring (bicyclic) bond motifs is 2. The molecule has 0 saturated heterocycles. The van der Waals surface area contributed by atoms with Crippen LogP contribution in [0.1, 0.15) is 83.5 Å². The molecule has 3 fully saturated rings. The lowest BCUT2D eigenvalue weighted by atomic mass is 9.83. The maximum Gasteiger partial charge on any atom is 0.303 e. The van der Waals surface area contributed by atoms with Gasteiger partial charge in [-0.2, -0.15) is 0 Å². The zero-order chi connectivity index (χ0) is 20.0. The molecule has 4 unspecified atom stereocenters. The number of carboxylic acids is 1. The number of allylic oxidation sites excluding steroid dienone is 2. The fourth-order valence-corrected chi connectivity index (χ4v) is 7.28. The van der Waals surface area contributed by atoms with Crippen molar-refractivity contribution < 1.29 is 18.3 Å². The molecule has 0 aromatic carbocycles. The van der Waals surface area contributed by atoms with E-state index >= 15 is 0 Å². The van der Waals surface area contributed by atoms with Crippen LogP contribution in [0, 0.1) is 23.7 Å². The summed E-state index contributed by atoms with van der Waals surface area (Å²) in [6.45, 7) is 0. The van der Waals surface area contributed by atoms with E-state index < -0.39 is 16.0 Å². The molecule has 28 heavy (non-hydrogen) atoms. The van der Waals surface area contributed by atoms with E-state index in [2.05, 4.69) is 16.9 Å². The first-order valence-electron chi connectivity index (χ1n) is 11.3. The molecule has 0 amide bonds. The van der Waals surface area contributed by atoms with Crippen LogP contribution >= 0.6 is 0 Å². The van der Waals surface area contributed by atoms with Crippen LogP contribution < -0.4 is 4.72 Å². The summed E-state index contributed by atoms with van der Waals surface area (Å²) in [7, 11) is -3.21. The average Bonchev–Trinajstić information content (AvgIpc) is 3.26. The third-order valence-electron chi connectivity index (χ3n) is 7.26. The van der Waals surface area contributed by atoms with Crippen LogP contribution in [0.4, 0.5) is 0 Å². The summed E-state index contributed by atoms with van der Waals surface area (Å²) >= 11 is 0. The highest BCUT2D eigenvalue weighted by Crippen LogP contribution is 2.50. The average molecular weight is 412 g/mol. The minimum absolute atomic E-state index is 0.0961. The smallest absolute Gasteiger partial charge is 0.303 e. The first kappa shape index (κ1) is 21.8. The predicted molar refractivity (Wildman–Crippen MR) is 111 cm³/mol. The Bertz CT molecular complexity index is 639. The largest absolute Gasteiger partial charge is 0.481 e. The minimum atomic E-state index is -3.21. The minimum Gasteiger partial charge on any atom is -0.481 e. The number of hydrogen-bond donors (Lipinski definition) is 2. The fourth-order valence-electron chi connectivity index (χ4n) is 5.74. The molecule has 0 spiro atoms. The van der Waals surface area contributed by atoms with E-state index in [9.17, 15) is 13.2 Å². The zero-order valence-corrected chi connectivity index (χ0v) is 17.8. The standard InChI is InChI=1S/C22H37NO4S/c24-21(25)11-7-2-1-6-10-20-18-12-13-19(16-18)22(20)23-28(26,27)15-14-17-8-4-3-5-9-17/h1,6,17-20,22-23H,2-5,7-16H2,(H,24,25). The molecule has 0 aromatic rings. The Morgan fingerprint density at radius 1 is 1.04 bits per heavy atom. The van der Waals surface area contributed by atoms with Crippen molar-refractivity contribution >= 4 is 16.0 Å². The lowest BCUT2D eigenvalue weighted by Gasteiger charge is -2.31. The third-order valence-corrected chi connectivity index (χ3v) is 8.66. The van der Waals surface area contributed by atoms with Gasteiger partial charge in [-0.15, -0.1) is 0 Å². The van der Waals surface area contributed by atoms with Crippen LogP contribution in [-0.4, -0.2) is 31.3 Å². The van der Waals surface area contributed by atoms with E-state index in [-0.39, 0.29) is 18.2 Å². The van der Waals surface area contributed by atoms with E-state index in [0.29, 0.717) is 30.1 Å². The van der Waals surface area contributed by atoms with E-state index in [0.717, 1.165) is 32.1 Å². The molecule has 6 heteroatoms. The third kappa shape index (κ3) is 6.31. The highest BCUT2D eigenvalue weighted by atomic mass is 32.2. The zero-order valence-electron chi connectivity index (χ0n) is 17.0. The number of carbonyl (C=O) groups is 1. The van der Waals surface area contributed by atoms with Crippen molar-refractivity contribution in [3.05, 3.63) is 12.2 Å². The van der Waals surface area contributed by atoms with Crippen LogP contribution in [-0.2, 0) is 14.8 Å². The van der Waals surface area contributed by atoms with Crippen LogP contribution in [0.3, 0.4) is 0 Å². The monoisotopic (exact) mass is 411 g/mol. The van der Waals surface area contributed by atoms with Gasteiger partial charge >= 0.3 is 5.97 Å². The van der Waals surface area contributed by atoms with Crippen molar-refractivity contribution in [3.8, 4) is 0 Å². The summed E-state index contributed by atoms with van der Waals surface area (Å²) in [6.07, 6.45) is 17.3. The van der Waals surface area contributed by atoms with Crippen LogP contribution in [0.5, 0.6) is 0 Å². The molecule has 3 aliphatic carbocycles. The Morgan fingerprint density at radius 2 is 1.79 bits per heavy atom. The summed E-state index contributed by atoms with van der Waals surface area (Å²) in [6, 6.07) is 0.0961. The molecule has 4 atom stereocenters. The second-order valence-electron chi connectivity index (χ2n) is 9.25. The van der Waals surface area contributed by atoms with E-state index in [1.54, 1.807) is 0 Å². The number of nitrogens with one attached hydrogen (secondary N) is 1. The van der Waals surface area contributed by atoms with Crippen LogP contribution in [0.2, 0.25) is 0 Å². The molecule has 160 valence electrons. The van der Waals surface area contributed by atoms with Crippen molar-refractivity contribution in [2.75, 3.05) is 5.75 Å². The Balaban J connectivity index is 1.47. The molecule has 2 bridgehead atoms. The van der Waals surface area contributed by atoms with Crippen molar-refractivity contribution in [2.45, 2.75) is 89.5 Å². The SMILES string of the molecule is O=C(O)CCCC=CCC1C2CCC(C2)C1NS(=O)(=O)CCC1CCCCC1. The quantitative estimate of drug-likeness (QED) is 0.387. The molecule has 0 radical (unpaired) electrons. The normalized spacial score (nSPS) is 31.0. The number of unbranched alkanes of at least 4 members (excludes halogenated alkanes) is 1. The van der Waals surface area contributed by atoms with Gasteiger partial charge in [0.1, 0.15) is 0 Å². The van der Waals surface area contributed by atoms with Gasteiger partial charge in [0, 0.05) is 12.5 Å². The van der Waals surface area contributed by atoms with Crippen LogP contribution in [0.15, 0.2) is 12.2 Å². The van der Waals surface area contributed by atoms with Gasteiger partial charge in [-0.05, 0) is 68.6 Å². The van der Waals surface area contributed by atoms with Crippen molar-refractivity contribution in [3.63, 3.8) is 0 Å². The summed E-state index contributed by atoms with van der Waals surface area (Å²) < 4.78 is 28.6. The van der Waals surface area contributed by atoms with E-state index in [1.807, 2.05) is 0 Å². The highest BCUT2D eigenvalue weighted by molar-refractivity contribution is 7.89. The molecule has 0 aliphatic heterocycles. The van der Waals surface area contributed by atoms with Gasteiger partial charge < -0.3 is 5.11 Å². The molecule has 5 nitrogen and oxygen atoms in total. The van der Waals surface area contributed by atoms with E-state index in [4.69, 9.17) is 5.11 Å². The van der Waals surface area contributed by atoms with Gasteiger partial charge in [0.15, 0.2) is 0 Å². The first-order valence-corrected chi connectivity index (χ1v) is 13.0. The Morgan fingerprint density at radius 3 is 2.54 bits per heavy atom. The lowest BCUT2D eigenvalue weighted by molar-refractivity contribution is -0.137. The van der Waals surface area contributed by atoms with Crippen molar-refractivity contribution in [1.82, 2.24) is 4.72 Å². The second-order valence-corrected chi connectivity index (χ2v) is 11.1. The summed E-state index contributed by atoms with van der Waals surface area (Å²) in [5.41, 5.74) is 0. The van der Waals surface area contributed by atoms with Gasteiger partial charge in [-0.25, -0.2) is 13.1 Å². The summed E-state index contributed by atoms with van der Waals surface area (Å²) in [5, 5.41) is 8.69. The Kier molecular flexibility index (Phi) is 7.98. The van der Waals surface area contributed by atoms with E-state index in [1.165, 1.54) is 38.5 Å². The maximum absolute atomic E-state index is 12.7. The fraction of sp³-hybridized carbons (Fsp3) is 0.864. The number of sulfonamides is 1. The number of rotatable bonds is 11. The molecule has 3 aliphatic rings.